The Labute approximate surface area is 100 Å². The lowest BCUT2D eigenvalue weighted by atomic mass is 10.5. The van der Waals surface area contributed by atoms with Crippen LogP contribution in [0.2, 0.25) is 0 Å². The molecule has 2 aromatic rings. The molecular formula is C10H12N4O4. The second-order valence-corrected chi connectivity index (χ2v) is 4.07. The standard InChI is InChI=1S/C10H12N4O4/c1-5(15)14-6-7(12(3)10(14)18)11(2)9(17)13(4)8(6)16/h1-4H3. The molecular weight excluding hydrogens is 240 g/mol. The number of carbonyl (C=O) groups is 1. The molecule has 0 aliphatic rings. The van der Waals surface area contributed by atoms with Gasteiger partial charge in [0, 0.05) is 28.1 Å². The van der Waals surface area contributed by atoms with E-state index in [-0.39, 0.29) is 11.2 Å². The molecule has 0 amide bonds. The lowest BCUT2D eigenvalue weighted by molar-refractivity contribution is 0.0936. The summed E-state index contributed by atoms with van der Waals surface area (Å²) in [5, 5.41) is 0. The first-order valence-electron chi connectivity index (χ1n) is 5.17. The fourth-order valence-electron chi connectivity index (χ4n) is 2.02. The molecule has 0 bridgehead atoms. The second-order valence-electron chi connectivity index (χ2n) is 4.07. The Morgan fingerprint density at radius 1 is 0.889 bits per heavy atom. The highest BCUT2D eigenvalue weighted by atomic mass is 16.2. The van der Waals surface area contributed by atoms with Gasteiger partial charge in [0.15, 0.2) is 11.2 Å². The zero-order chi connectivity index (χ0) is 13.8. The van der Waals surface area contributed by atoms with Crippen LogP contribution in [0, 0.1) is 0 Å². The number of nitrogens with zero attached hydrogens (tertiary/aromatic N) is 4. The minimum absolute atomic E-state index is 0.0837. The van der Waals surface area contributed by atoms with E-state index in [1.807, 2.05) is 0 Å². The van der Waals surface area contributed by atoms with Crippen LogP contribution in [0.3, 0.4) is 0 Å². The Kier molecular flexibility index (Phi) is 2.39. The van der Waals surface area contributed by atoms with E-state index in [1.54, 1.807) is 0 Å². The van der Waals surface area contributed by atoms with Gasteiger partial charge in [0.05, 0.1) is 0 Å². The van der Waals surface area contributed by atoms with E-state index < -0.39 is 22.8 Å². The molecule has 8 nitrogen and oxygen atoms in total. The van der Waals surface area contributed by atoms with E-state index in [1.165, 1.54) is 28.1 Å². The molecule has 0 saturated carbocycles. The van der Waals surface area contributed by atoms with Crippen molar-refractivity contribution < 1.29 is 4.79 Å². The maximum atomic E-state index is 12.0. The van der Waals surface area contributed by atoms with Gasteiger partial charge in [-0.1, -0.05) is 0 Å². The van der Waals surface area contributed by atoms with E-state index in [0.29, 0.717) is 0 Å². The smallest absolute Gasteiger partial charge is 0.281 e. The average Bonchev–Trinajstić information content (AvgIpc) is 2.57. The van der Waals surface area contributed by atoms with Gasteiger partial charge in [-0.2, -0.15) is 0 Å². The maximum Gasteiger partial charge on any atom is 0.337 e. The molecule has 0 unspecified atom stereocenters. The molecule has 0 N–H and O–H groups in total. The van der Waals surface area contributed by atoms with E-state index >= 15 is 0 Å². The van der Waals surface area contributed by atoms with Crippen LogP contribution in [0.1, 0.15) is 11.7 Å². The lowest BCUT2D eigenvalue weighted by Crippen LogP contribution is -2.38. The van der Waals surface area contributed by atoms with Crippen molar-refractivity contribution in [3.05, 3.63) is 31.3 Å². The third kappa shape index (κ3) is 1.25. The number of rotatable bonds is 0. The summed E-state index contributed by atoms with van der Waals surface area (Å²) >= 11 is 0. The zero-order valence-electron chi connectivity index (χ0n) is 10.4. The summed E-state index contributed by atoms with van der Waals surface area (Å²) in [6.07, 6.45) is 0. The third-order valence-corrected chi connectivity index (χ3v) is 2.95. The van der Waals surface area contributed by atoms with Crippen molar-refractivity contribution in [1.82, 2.24) is 18.3 Å². The van der Waals surface area contributed by atoms with Gasteiger partial charge < -0.3 is 0 Å². The van der Waals surface area contributed by atoms with Crippen LogP contribution in [0.25, 0.3) is 11.2 Å². The fraction of sp³-hybridized carbons (Fsp3) is 0.400. The number of carbonyl (C=O) groups excluding carboxylic acids is 1. The van der Waals surface area contributed by atoms with Crippen LogP contribution in [-0.2, 0) is 21.1 Å². The summed E-state index contributed by atoms with van der Waals surface area (Å²) in [5.74, 6) is -0.568. The number of aromatic nitrogens is 4. The number of hydrogen-bond donors (Lipinski definition) is 0. The highest BCUT2D eigenvalue weighted by Gasteiger charge is 2.21. The molecule has 0 radical (unpaired) electrons. The van der Waals surface area contributed by atoms with E-state index in [0.717, 1.165) is 18.3 Å². The summed E-state index contributed by atoms with van der Waals surface area (Å²) < 4.78 is 3.91. The first kappa shape index (κ1) is 12.1. The summed E-state index contributed by atoms with van der Waals surface area (Å²) in [6, 6.07) is 0. The molecule has 0 atom stereocenters. The van der Waals surface area contributed by atoms with Crippen LogP contribution >= 0.6 is 0 Å². The number of hydrogen-bond acceptors (Lipinski definition) is 4. The van der Waals surface area contributed by atoms with Crippen molar-refractivity contribution in [3.63, 3.8) is 0 Å². The van der Waals surface area contributed by atoms with Crippen molar-refractivity contribution >= 4 is 17.1 Å². The van der Waals surface area contributed by atoms with Gasteiger partial charge in [-0.05, 0) is 0 Å². The molecule has 0 spiro atoms. The normalized spacial score (nSPS) is 11.1. The van der Waals surface area contributed by atoms with Gasteiger partial charge in [0.25, 0.3) is 5.56 Å². The zero-order valence-corrected chi connectivity index (χ0v) is 10.4. The minimum Gasteiger partial charge on any atom is -0.281 e. The van der Waals surface area contributed by atoms with Gasteiger partial charge in [-0.25, -0.2) is 14.2 Å². The Morgan fingerprint density at radius 2 is 1.39 bits per heavy atom. The van der Waals surface area contributed by atoms with Gasteiger partial charge in [0.1, 0.15) is 0 Å². The Balaban J connectivity index is 3.34. The molecule has 0 aromatic carbocycles. The molecule has 18 heavy (non-hydrogen) atoms. The van der Waals surface area contributed by atoms with Crippen LogP contribution < -0.4 is 16.9 Å². The highest BCUT2D eigenvalue weighted by molar-refractivity contribution is 5.87. The maximum absolute atomic E-state index is 12.0. The predicted octanol–water partition coefficient (Wildman–Crippen LogP) is -1.60. The van der Waals surface area contributed by atoms with E-state index in [9.17, 15) is 19.2 Å². The highest BCUT2D eigenvalue weighted by Crippen LogP contribution is 2.04. The molecule has 2 heterocycles. The van der Waals surface area contributed by atoms with Crippen molar-refractivity contribution in [2.75, 3.05) is 0 Å². The van der Waals surface area contributed by atoms with Crippen molar-refractivity contribution in [2.24, 2.45) is 21.1 Å². The van der Waals surface area contributed by atoms with Crippen LogP contribution in [-0.4, -0.2) is 24.2 Å². The Bertz CT molecular complexity index is 846. The van der Waals surface area contributed by atoms with E-state index in [2.05, 4.69) is 0 Å². The quantitative estimate of drug-likeness (QED) is 0.564. The molecule has 2 aromatic heterocycles. The topological polar surface area (TPSA) is 88.0 Å². The largest absolute Gasteiger partial charge is 0.337 e. The Hall–Kier alpha value is -2.38. The van der Waals surface area contributed by atoms with Gasteiger partial charge in [0.2, 0.25) is 5.91 Å². The molecule has 8 heteroatoms. The second kappa shape index (κ2) is 3.56. The van der Waals surface area contributed by atoms with Crippen LogP contribution in [0.4, 0.5) is 0 Å². The van der Waals surface area contributed by atoms with Crippen molar-refractivity contribution in [1.29, 1.82) is 0 Å². The van der Waals surface area contributed by atoms with Crippen molar-refractivity contribution in [3.8, 4) is 0 Å². The SMILES string of the molecule is CC(=O)n1c(=O)n(C)c2c1c(=O)n(C)c(=O)n2C. The summed E-state index contributed by atoms with van der Waals surface area (Å²) in [4.78, 5) is 47.1. The van der Waals surface area contributed by atoms with Gasteiger partial charge in [-0.15, -0.1) is 0 Å². The van der Waals surface area contributed by atoms with Gasteiger partial charge >= 0.3 is 11.4 Å². The van der Waals surface area contributed by atoms with E-state index in [4.69, 9.17) is 0 Å². The fourth-order valence-corrected chi connectivity index (χ4v) is 2.02. The third-order valence-electron chi connectivity index (χ3n) is 2.95. The average molecular weight is 252 g/mol. The number of fused-ring (bicyclic) bond motifs is 1. The summed E-state index contributed by atoms with van der Waals surface area (Å²) in [7, 11) is 4.14. The minimum atomic E-state index is -0.666. The molecule has 0 aliphatic heterocycles. The first-order chi connectivity index (χ1) is 8.29. The number of aryl methyl sites for hydroxylation is 2. The van der Waals surface area contributed by atoms with Crippen LogP contribution in [0.5, 0.6) is 0 Å². The Morgan fingerprint density at radius 3 is 1.89 bits per heavy atom. The number of imidazole rings is 1. The first-order valence-corrected chi connectivity index (χ1v) is 5.17. The molecule has 96 valence electrons. The molecule has 0 aliphatic carbocycles. The molecule has 0 fully saturated rings. The molecule has 2 rings (SSSR count). The molecule has 0 saturated heterocycles. The summed E-state index contributed by atoms with van der Waals surface area (Å²) in [5.41, 5.74) is -1.82. The lowest BCUT2D eigenvalue weighted by Gasteiger charge is -2.04. The monoisotopic (exact) mass is 252 g/mol. The van der Waals surface area contributed by atoms with Crippen molar-refractivity contribution in [2.45, 2.75) is 6.92 Å². The predicted molar refractivity (Wildman–Crippen MR) is 64.0 cm³/mol. The van der Waals surface area contributed by atoms with Gasteiger partial charge in [-0.3, -0.25) is 23.3 Å². The summed E-state index contributed by atoms with van der Waals surface area (Å²) in [6.45, 7) is 1.19. The van der Waals surface area contributed by atoms with Crippen LogP contribution in [0.15, 0.2) is 14.4 Å².